The number of hydrogen-bond donors (Lipinski definition) is 0. The summed E-state index contributed by atoms with van der Waals surface area (Å²) in [6, 6.07) is 23.1. The molecule has 2 nitrogen and oxygen atoms in total. The first-order valence-corrected chi connectivity index (χ1v) is 10.6. The molecule has 1 aliphatic carbocycles. The van der Waals surface area contributed by atoms with Crippen molar-refractivity contribution >= 4 is 18.1 Å². The minimum absolute atomic E-state index is 0.00128. The van der Waals surface area contributed by atoms with Crippen LogP contribution in [0.25, 0.3) is 12.2 Å². The Morgan fingerprint density at radius 2 is 1.47 bits per heavy atom. The van der Waals surface area contributed by atoms with E-state index in [0.717, 1.165) is 35.1 Å². The molecule has 5 rings (SSSR count). The summed E-state index contributed by atoms with van der Waals surface area (Å²) >= 11 is 0. The average molecular weight is 397 g/mol. The molecule has 2 aliphatic rings. The zero-order valence-corrected chi connectivity index (χ0v) is 16.8. The number of fused-ring (bicyclic) bond motifs is 2. The molecule has 1 aliphatic heterocycles. The van der Waals surface area contributed by atoms with E-state index in [9.17, 15) is 4.79 Å². The number of amides is 1. The summed E-state index contributed by atoms with van der Waals surface area (Å²) in [5.41, 5.74) is 4.83. The van der Waals surface area contributed by atoms with E-state index in [1.165, 1.54) is 5.56 Å². The summed E-state index contributed by atoms with van der Waals surface area (Å²) in [4.78, 5) is 14.8. The number of hydrogen-bond acceptors (Lipinski definition) is 1. The lowest BCUT2D eigenvalue weighted by Crippen LogP contribution is -2.40. The predicted octanol–water partition coefficient (Wildman–Crippen LogP) is 5.99. The summed E-state index contributed by atoms with van der Waals surface area (Å²) in [5, 5.41) is 0. The minimum atomic E-state index is -0.137. The SMILES string of the molecule is O=C(c1ccccc1)N1CCC(C2c3ccccc3C=Cc3cccc(F)c32)CC1. The van der Waals surface area contributed by atoms with E-state index in [4.69, 9.17) is 0 Å². The average Bonchev–Trinajstić information content (AvgIpc) is 2.97. The second-order valence-electron chi connectivity index (χ2n) is 8.18. The largest absolute Gasteiger partial charge is 0.339 e. The van der Waals surface area contributed by atoms with Crippen LogP contribution < -0.4 is 0 Å². The van der Waals surface area contributed by atoms with Gasteiger partial charge in [0.05, 0.1) is 0 Å². The summed E-state index contributed by atoms with van der Waals surface area (Å²) < 4.78 is 15.1. The Morgan fingerprint density at radius 3 is 2.27 bits per heavy atom. The molecule has 1 atom stereocenters. The fourth-order valence-electron chi connectivity index (χ4n) is 5.00. The predicted molar refractivity (Wildman–Crippen MR) is 119 cm³/mol. The standard InChI is InChI=1S/C27H24FNO/c28-24-12-6-10-20-14-13-19-7-4-5-11-23(19)25(26(20)24)21-15-17-29(18-16-21)27(30)22-8-2-1-3-9-22/h1-14,21,25H,15-18H2. The number of carbonyl (C=O) groups is 1. The van der Waals surface area contributed by atoms with Gasteiger partial charge in [-0.05, 0) is 53.6 Å². The van der Waals surface area contributed by atoms with Crippen LogP contribution >= 0.6 is 0 Å². The van der Waals surface area contributed by atoms with Gasteiger partial charge >= 0.3 is 0 Å². The molecule has 0 saturated carbocycles. The van der Waals surface area contributed by atoms with Gasteiger partial charge in [0.15, 0.2) is 0 Å². The van der Waals surface area contributed by atoms with Gasteiger partial charge < -0.3 is 4.90 Å². The van der Waals surface area contributed by atoms with Crippen LogP contribution in [-0.2, 0) is 0 Å². The second kappa shape index (κ2) is 7.91. The van der Waals surface area contributed by atoms with Crippen molar-refractivity contribution in [2.45, 2.75) is 18.8 Å². The smallest absolute Gasteiger partial charge is 0.253 e. The maximum Gasteiger partial charge on any atom is 0.253 e. The summed E-state index contributed by atoms with van der Waals surface area (Å²) in [5.74, 6) is 0.244. The molecule has 1 unspecified atom stereocenters. The Hall–Kier alpha value is -3.20. The molecule has 3 heteroatoms. The number of likely N-dealkylation sites (tertiary alicyclic amines) is 1. The number of nitrogens with zero attached hydrogens (tertiary/aromatic N) is 1. The van der Waals surface area contributed by atoms with Gasteiger partial charge in [-0.15, -0.1) is 0 Å². The summed E-state index contributed by atoms with van der Waals surface area (Å²) in [6.07, 6.45) is 5.86. The lowest BCUT2D eigenvalue weighted by atomic mass is 9.74. The van der Waals surface area contributed by atoms with Crippen LogP contribution in [0, 0.1) is 11.7 Å². The van der Waals surface area contributed by atoms with Gasteiger partial charge in [-0.2, -0.15) is 0 Å². The van der Waals surface area contributed by atoms with Gasteiger partial charge in [-0.1, -0.05) is 66.7 Å². The fraction of sp³-hybridized carbons (Fsp3) is 0.222. The van der Waals surface area contributed by atoms with Crippen LogP contribution in [0.2, 0.25) is 0 Å². The Bertz CT molecular complexity index is 1100. The van der Waals surface area contributed by atoms with E-state index in [0.29, 0.717) is 19.0 Å². The highest BCUT2D eigenvalue weighted by Gasteiger charge is 2.34. The zero-order valence-electron chi connectivity index (χ0n) is 16.8. The number of benzene rings is 3. The molecule has 3 aromatic rings. The molecule has 1 amide bonds. The number of halogens is 1. The monoisotopic (exact) mass is 397 g/mol. The first kappa shape index (κ1) is 18.8. The molecule has 1 saturated heterocycles. The first-order chi connectivity index (χ1) is 14.7. The molecular formula is C27H24FNO. The van der Waals surface area contributed by atoms with Gasteiger partial charge in [0, 0.05) is 30.1 Å². The Balaban J connectivity index is 1.45. The summed E-state index contributed by atoms with van der Waals surface area (Å²) in [7, 11) is 0. The highest BCUT2D eigenvalue weighted by Crippen LogP contribution is 2.44. The molecule has 3 aromatic carbocycles. The van der Waals surface area contributed by atoms with Crippen LogP contribution in [0.15, 0.2) is 72.8 Å². The van der Waals surface area contributed by atoms with Gasteiger partial charge in [0.1, 0.15) is 5.82 Å². The number of rotatable bonds is 2. The number of carbonyl (C=O) groups excluding carboxylic acids is 1. The van der Waals surface area contributed by atoms with E-state index < -0.39 is 0 Å². The molecule has 0 spiro atoms. The molecule has 0 N–H and O–H groups in total. The molecular weight excluding hydrogens is 373 g/mol. The molecule has 1 heterocycles. The minimum Gasteiger partial charge on any atom is -0.339 e. The van der Waals surface area contributed by atoms with Crippen molar-refractivity contribution in [1.29, 1.82) is 0 Å². The highest BCUT2D eigenvalue weighted by atomic mass is 19.1. The van der Waals surface area contributed by atoms with Crippen LogP contribution in [0.5, 0.6) is 0 Å². The topological polar surface area (TPSA) is 20.3 Å². The molecule has 0 radical (unpaired) electrons. The highest BCUT2D eigenvalue weighted by molar-refractivity contribution is 5.94. The fourth-order valence-corrected chi connectivity index (χ4v) is 5.00. The Labute approximate surface area is 176 Å². The van der Waals surface area contributed by atoms with E-state index in [2.05, 4.69) is 18.2 Å². The van der Waals surface area contributed by atoms with Crippen LogP contribution in [0.3, 0.4) is 0 Å². The van der Waals surface area contributed by atoms with Crippen LogP contribution in [0.4, 0.5) is 4.39 Å². The van der Waals surface area contributed by atoms with Gasteiger partial charge in [-0.3, -0.25) is 4.79 Å². The molecule has 150 valence electrons. The third-order valence-corrected chi connectivity index (χ3v) is 6.49. The van der Waals surface area contributed by atoms with Crippen molar-refractivity contribution in [2.75, 3.05) is 13.1 Å². The molecule has 0 aromatic heterocycles. The van der Waals surface area contributed by atoms with Gasteiger partial charge in [-0.25, -0.2) is 4.39 Å². The van der Waals surface area contributed by atoms with E-state index in [1.807, 2.05) is 59.5 Å². The summed E-state index contributed by atoms with van der Waals surface area (Å²) in [6.45, 7) is 1.41. The Morgan fingerprint density at radius 1 is 0.800 bits per heavy atom. The van der Waals surface area contributed by atoms with Crippen molar-refractivity contribution in [3.05, 3.63) is 106 Å². The molecule has 0 bridgehead atoms. The maximum atomic E-state index is 15.1. The zero-order chi connectivity index (χ0) is 20.5. The Kier molecular flexibility index (Phi) is 4.96. The van der Waals surface area contributed by atoms with Crippen molar-refractivity contribution in [3.8, 4) is 0 Å². The molecule has 1 fully saturated rings. The normalized spacial score (nSPS) is 18.4. The van der Waals surface area contributed by atoms with Crippen molar-refractivity contribution in [2.24, 2.45) is 5.92 Å². The van der Waals surface area contributed by atoms with E-state index >= 15 is 4.39 Å². The quantitative estimate of drug-likeness (QED) is 0.520. The third kappa shape index (κ3) is 3.35. The van der Waals surface area contributed by atoms with Crippen molar-refractivity contribution in [1.82, 2.24) is 4.90 Å². The van der Waals surface area contributed by atoms with E-state index in [1.54, 1.807) is 12.1 Å². The maximum absolute atomic E-state index is 15.1. The van der Waals surface area contributed by atoms with Crippen molar-refractivity contribution < 1.29 is 9.18 Å². The van der Waals surface area contributed by atoms with Crippen LogP contribution in [-0.4, -0.2) is 23.9 Å². The lowest BCUT2D eigenvalue weighted by molar-refractivity contribution is 0.0683. The molecule has 30 heavy (non-hydrogen) atoms. The first-order valence-electron chi connectivity index (χ1n) is 10.6. The lowest BCUT2D eigenvalue weighted by Gasteiger charge is -2.37. The number of piperidine rings is 1. The third-order valence-electron chi connectivity index (χ3n) is 6.49. The van der Waals surface area contributed by atoms with Crippen LogP contribution in [0.1, 0.15) is 51.4 Å². The van der Waals surface area contributed by atoms with Crippen molar-refractivity contribution in [3.63, 3.8) is 0 Å². The van der Waals surface area contributed by atoms with Gasteiger partial charge in [0.2, 0.25) is 0 Å². The second-order valence-corrected chi connectivity index (χ2v) is 8.18. The van der Waals surface area contributed by atoms with E-state index in [-0.39, 0.29) is 17.6 Å². The van der Waals surface area contributed by atoms with Gasteiger partial charge in [0.25, 0.3) is 5.91 Å².